The number of benzene rings is 1. The molecule has 3 nitrogen and oxygen atoms in total. The molecule has 124 valence electrons. The van der Waals surface area contributed by atoms with Crippen molar-refractivity contribution >= 4 is 17.3 Å². The lowest BCUT2D eigenvalue weighted by Crippen LogP contribution is -2.32. The molecule has 1 aromatic heterocycles. The first kappa shape index (κ1) is 16.3. The van der Waals surface area contributed by atoms with E-state index in [4.69, 9.17) is 4.74 Å². The van der Waals surface area contributed by atoms with Crippen LogP contribution in [0.3, 0.4) is 0 Å². The third kappa shape index (κ3) is 2.82. The van der Waals surface area contributed by atoms with E-state index >= 15 is 0 Å². The fourth-order valence-corrected chi connectivity index (χ4v) is 3.06. The van der Waals surface area contributed by atoms with Crippen LogP contribution < -0.4 is 9.30 Å². The van der Waals surface area contributed by atoms with Crippen molar-refractivity contribution in [2.75, 3.05) is 6.61 Å². The lowest BCUT2D eigenvalue weighted by molar-refractivity contribution is -0.581. The Labute approximate surface area is 143 Å². The van der Waals surface area contributed by atoms with Gasteiger partial charge >= 0.3 is 0 Å². The van der Waals surface area contributed by atoms with Crippen molar-refractivity contribution in [3.05, 3.63) is 58.9 Å². The van der Waals surface area contributed by atoms with Gasteiger partial charge in [0.15, 0.2) is 23.4 Å². The van der Waals surface area contributed by atoms with E-state index in [1.165, 1.54) is 28.1 Å². The van der Waals surface area contributed by atoms with E-state index in [9.17, 15) is 5.11 Å². The molecule has 0 spiro atoms. The molecule has 0 radical (unpaired) electrons. The number of allylic oxidation sites excluding steroid dienone is 3. The quantitative estimate of drug-likeness (QED) is 0.844. The Balaban J connectivity index is 2.08. The summed E-state index contributed by atoms with van der Waals surface area (Å²) in [5.74, 6) is 0.702. The third-order valence-corrected chi connectivity index (χ3v) is 4.60. The second kappa shape index (κ2) is 6.52. The van der Waals surface area contributed by atoms with Gasteiger partial charge in [-0.3, -0.25) is 0 Å². The van der Waals surface area contributed by atoms with E-state index in [1.807, 2.05) is 19.1 Å². The van der Waals surface area contributed by atoms with Crippen LogP contribution in [-0.4, -0.2) is 11.7 Å². The average Bonchev–Trinajstić information content (AvgIpc) is 2.82. The van der Waals surface area contributed by atoms with Crippen LogP contribution in [0.4, 0.5) is 0 Å². The van der Waals surface area contributed by atoms with Crippen molar-refractivity contribution < 1.29 is 14.4 Å². The molecule has 1 aromatic carbocycles. The molecular formula is C21H24NO2+. The summed E-state index contributed by atoms with van der Waals surface area (Å²) in [5.41, 5.74) is 7.29. The highest BCUT2D eigenvalue weighted by atomic mass is 16.5. The lowest BCUT2D eigenvalue weighted by atomic mass is 10.0. The summed E-state index contributed by atoms with van der Waals surface area (Å²) in [5, 5.41) is 9.88. The molecule has 0 saturated heterocycles. The Morgan fingerprint density at radius 2 is 1.92 bits per heavy atom. The number of rotatable bonds is 4. The number of phenolic OH excluding ortho intramolecular Hbond substituents is 1. The topological polar surface area (TPSA) is 33.3 Å². The van der Waals surface area contributed by atoms with Crippen molar-refractivity contribution in [1.82, 2.24) is 0 Å². The number of pyridine rings is 1. The maximum absolute atomic E-state index is 9.88. The fourth-order valence-electron chi connectivity index (χ4n) is 3.06. The predicted octanol–water partition coefficient (Wildman–Crippen LogP) is 4.45. The van der Waals surface area contributed by atoms with Crippen molar-refractivity contribution in [3.63, 3.8) is 0 Å². The molecule has 0 fully saturated rings. The van der Waals surface area contributed by atoms with E-state index in [-0.39, 0.29) is 5.75 Å². The lowest BCUT2D eigenvalue weighted by Gasteiger charge is -2.07. The van der Waals surface area contributed by atoms with Crippen LogP contribution in [0.1, 0.15) is 44.5 Å². The molecular weight excluding hydrogens is 298 g/mol. The Morgan fingerprint density at radius 3 is 2.62 bits per heavy atom. The van der Waals surface area contributed by atoms with Crippen LogP contribution in [0.5, 0.6) is 11.5 Å². The minimum absolute atomic E-state index is 0.177. The molecule has 0 aliphatic carbocycles. The van der Waals surface area contributed by atoms with E-state index < -0.39 is 0 Å². The second-order valence-corrected chi connectivity index (χ2v) is 6.07. The Morgan fingerprint density at radius 1 is 1.12 bits per heavy atom. The van der Waals surface area contributed by atoms with Gasteiger partial charge in [0, 0.05) is 24.1 Å². The number of aryl methyl sites for hydroxylation is 1. The zero-order chi connectivity index (χ0) is 17.3. The summed E-state index contributed by atoms with van der Waals surface area (Å²) in [6.45, 7) is 8.93. The third-order valence-electron chi connectivity index (χ3n) is 4.60. The van der Waals surface area contributed by atoms with Gasteiger partial charge in [0.05, 0.1) is 12.2 Å². The van der Waals surface area contributed by atoms with E-state index in [1.54, 1.807) is 6.07 Å². The average molecular weight is 322 g/mol. The molecule has 1 N–H and O–H groups in total. The molecule has 0 amide bonds. The van der Waals surface area contributed by atoms with Gasteiger partial charge in [-0.05, 0) is 50.1 Å². The van der Waals surface area contributed by atoms with Crippen molar-refractivity contribution in [1.29, 1.82) is 0 Å². The summed E-state index contributed by atoms with van der Waals surface area (Å²) in [4.78, 5) is 0. The molecule has 1 aliphatic heterocycles. The van der Waals surface area contributed by atoms with Gasteiger partial charge in [0.1, 0.15) is 0 Å². The largest absolute Gasteiger partial charge is 0.504 e. The molecule has 0 unspecified atom stereocenters. The molecule has 2 aromatic rings. The first-order chi connectivity index (χ1) is 11.5. The summed E-state index contributed by atoms with van der Waals surface area (Å²) >= 11 is 0. The molecule has 0 atom stereocenters. The maximum atomic E-state index is 9.88. The van der Waals surface area contributed by atoms with E-state index in [0.717, 1.165) is 12.0 Å². The minimum Gasteiger partial charge on any atom is -0.504 e. The van der Waals surface area contributed by atoms with Gasteiger partial charge in [0.25, 0.3) is 0 Å². The Kier molecular flexibility index (Phi) is 4.43. The number of hydrogen-bond acceptors (Lipinski definition) is 2. The van der Waals surface area contributed by atoms with Crippen LogP contribution in [0.2, 0.25) is 0 Å². The SMILES string of the molecule is CCOc1cc(/C=C2\C(C)=C(C)[n+]3cc(CC)ccc32)ccc1O. The predicted molar refractivity (Wildman–Crippen MR) is 97.7 cm³/mol. The zero-order valence-electron chi connectivity index (χ0n) is 14.8. The molecule has 0 bridgehead atoms. The summed E-state index contributed by atoms with van der Waals surface area (Å²) in [6, 6.07) is 9.86. The highest BCUT2D eigenvalue weighted by Crippen LogP contribution is 2.34. The van der Waals surface area contributed by atoms with Gasteiger partial charge in [-0.25, -0.2) is 0 Å². The summed E-state index contributed by atoms with van der Waals surface area (Å²) in [7, 11) is 0. The molecule has 2 heterocycles. The molecule has 0 saturated carbocycles. The van der Waals surface area contributed by atoms with Gasteiger partial charge in [-0.15, -0.1) is 0 Å². The standard InChI is InChI=1S/C21H23NO2/c1-5-16-7-9-19-18(14(3)15(4)22(19)13-16)11-17-8-10-20(23)21(12-17)24-6-2/h7-13H,5-6H2,1-4H3/p+1. The van der Waals surface area contributed by atoms with Gasteiger partial charge in [-0.1, -0.05) is 13.0 Å². The number of fused-ring (bicyclic) bond motifs is 1. The van der Waals surface area contributed by atoms with Gasteiger partial charge in [-0.2, -0.15) is 4.57 Å². The van der Waals surface area contributed by atoms with Crippen molar-refractivity contribution in [3.8, 4) is 11.5 Å². The minimum atomic E-state index is 0.177. The van der Waals surface area contributed by atoms with Crippen LogP contribution in [0.25, 0.3) is 17.3 Å². The molecule has 24 heavy (non-hydrogen) atoms. The van der Waals surface area contributed by atoms with Crippen LogP contribution in [0.15, 0.2) is 42.1 Å². The molecule has 3 rings (SSSR count). The van der Waals surface area contributed by atoms with Crippen LogP contribution >= 0.6 is 0 Å². The normalized spacial score (nSPS) is 15.1. The van der Waals surface area contributed by atoms with Crippen molar-refractivity contribution in [2.45, 2.75) is 34.1 Å². The number of hydrogen-bond donors (Lipinski definition) is 1. The zero-order valence-corrected chi connectivity index (χ0v) is 14.8. The smallest absolute Gasteiger partial charge is 0.218 e. The first-order valence-electron chi connectivity index (χ1n) is 8.45. The van der Waals surface area contributed by atoms with Gasteiger partial charge < -0.3 is 9.84 Å². The number of nitrogens with zero attached hydrogens (tertiary/aromatic N) is 1. The van der Waals surface area contributed by atoms with Crippen molar-refractivity contribution in [2.24, 2.45) is 0 Å². The van der Waals surface area contributed by atoms with Crippen LogP contribution in [0, 0.1) is 0 Å². The fraction of sp³-hybridized carbons (Fsp3) is 0.286. The summed E-state index contributed by atoms with van der Waals surface area (Å²) < 4.78 is 7.76. The second-order valence-electron chi connectivity index (χ2n) is 6.07. The monoisotopic (exact) mass is 322 g/mol. The highest BCUT2D eigenvalue weighted by molar-refractivity contribution is 5.93. The number of phenols is 1. The number of aromatic hydroxyl groups is 1. The number of aromatic nitrogens is 1. The van der Waals surface area contributed by atoms with E-state index in [0.29, 0.717) is 12.4 Å². The maximum Gasteiger partial charge on any atom is 0.218 e. The molecule has 1 aliphatic rings. The van der Waals surface area contributed by atoms with Gasteiger partial charge in [0.2, 0.25) is 5.69 Å². The Bertz CT molecular complexity index is 847. The number of ether oxygens (including phenoxy) is 1. The highest BCUT2D eigenvalue weighted by Gasteiger charge is 2.29. The van der Waals surface area contributed by atoms with Crippen LogP contribution in [-0.2, 0) is 6.42 Å². The first-order valence-corrected chi connectivity index (χ1v) is 8.45. The Hall–Kier alpha value is -2.55. The van der Waals surface area contributed by atoms with E-state index in [2.05, 4.69) is 49.7 Å². The summed E-state index contributed by atoms with van der Waals surface area (Å²) in [6.07, 6.45) is 5.41. The molecule has 3 heteroatoms.